The Morgan fingerprint density at radius 1 is 1.16 bits per heavy atom. The molecule has 0 aliphatic carbocycles. The number of nitrogens with zero attached hydrogens (tertiary/aromatic N) is 2. The zero-order valence-electron chi connectivity index (χ0n) is 18.2. The first-order valence-corrected chi connectivity index (χ1v) is 13.2. The first-order chi connectivity index (χ1) is 14.4. The van der Waals surface area contributed by atoms with Gasteiger partial charge in [-0.2, -0.15) is 8.61 Å². The van der Waals surface area contributed by atoms with Crippen LogP contribution in [0.4, 0.5) is 4.39 Å². The lowest BCUT2D eigenvalue weighted by molar-refractivity contribution is -0.0440. The van der Waals surface area contributed by atoms with Crippen molar-refractivity contribution in [2.75, 3.05) is 38.5 Å². The quantitative estimate of drug-likeness (QED) is 0.566. The van der Waals surface area contributed by atoms with Gasteiger partial charge in [0.15, 0.2) is 0 Å². The Bertz CT molecular complexity index is 986. The number of carbonyl (C=O) groups is 1. The maximum atomic E-state index is 14.2. The van der Waals surface area contributed by atoms with Crippen molar-refractivity contribution in [3.8, 4) is 0 Å². The molecule has 1 fully saturated rings. The first kappa shape index (κ1) is 25.7. The van der Waals surface area contributed by atoms with Gasteiger partial charge in [-0.05, 0) is 32.0 Å². The summed E-state index contributed by atoms with van der Waals surface area (Å²) in [6.45, 7) is 7.47. The summed E-state index contributed by atoms with van der Waals surface area (Å²) >= 11 is 0. The van der Waals surface area contributed by atoms with E-state index < -0.39 is 36.7 Å². The topological polar surface area (TPSA) is 113 Å². The van der Waals surface area contributed by atoms with Crippen LogP contribution in [0.25, 0.3) is 0 Å². The molecule has 0 saturated carbocycles. The van der Waals surface area contributed by atoms with Crippen LogP contribution in [-0.2, 0) is 24.8 Å². The molecule has 1 amide bonds. The number of sulfonamides is 2. The average Bonchev–Trinajstić information content (AvgIpc) is 2.68. The van der Waals surface area contributed by atoms with Crippen LogP contribution in [0.5, 0.6) is 0 Å². The molecule has 9 nitrogen and oxygen atoms in total. The molecular formula is C19H30FN3O6S2. The molecule has 1 N–H and O–H groups in total. The lowest BCUT2D eigenvalue weighted by atomic mass is 10.2. The first-order valence-electron chi connectivity index (χ1n) is 10.1. The molecule has 12 heteroatoms. The summed E-state index contributed by atoms with van der Waals surface area (Å²) in [6.07, 6.45) is -0.447. The van der Waals surface area contributed by atoms with Gasteiger partial charge in [0, 0.05) is 38.3 Å². The minimum atomic E-state index is -4.09. The molecule has 176 valence electrons. The van der Waals surface area contributed by atoms with Gasteiger partial charge in [0.25, 0.3) is 5.91 Å². The lowest BCUT2D eigenvalue weighted by Crippen LogP contribution is -2.49. The van der Waals surface area contributed by atoms with E-state index in [2.05, 4.69) is 5.32 Å². The Morgan fingerprint density at radius 3 is 2.29 bits per heavy atom. The van der Waals surface area contributed by atoms with Crippen molar-refractivity contribution < 1.29 is 30.8 Å². The second-order valence-electron chi connectivity index (χ2n) is 7.38. The Morgan fingerprint density at radius 2 is 1.74 bits per heavy atom. The van der Waals surface area contributed by atoms with Gasteiger partial charge in [-0.3, -0.25) is 4.79 Å². The molecule has 2 atom stereocenters. The zero-order chi connectivity index (χ0) is 23.4. The predicted octanol–water partition coefficient (Wildman–Crippen LogP) is 1.03. The van der Waals surface area contributed by atoms with E-state index in [1.807, 2.05) is 0 Å². The van der Waals surface area contributed by atoms with Gasteiger partial charge in [0.05, 0.1) is 18.0 Å². The fraction of sp³-hybridized carbons (Fsp3) is 0.632. The van der Waals surface area contributed by atoms with Crippen molar-refractivity contribution in [2.45, 2.75) is 44.8 Å². The van der Waals surface area contributed by atoms with E-state index in [0.29, 0.717) is 0 Å². The number of hydrogen-bond acceptors (Lipinski definition) is 6. The van der Waals surface area contributed by atoms with E-state index in [4.69, 9.17) is 4.74 Å². The zero-order valence-corrected chi connectivity index (χ0v) is 19.8. The Labute approximate surface area is 183 Å². The lowest BCUT2D eigenvalue weighted by Gasteiger charge is -2.34. The fourth-order valence-corrected chi connectivity index (χ4v) is 6.47. The molecule has 2 unspecified atom stereocenters. The van der Waals surface area contributed by atoms with Gasteiger partial charge in [-0.1, -0.05) is 13.8 Å². The van der Waals surface area contributed by atoms with Crippen molar-refractivity contribution in [3.05, 3.63) is 29.6 Å². The van der Waals surface area contributed by atoms with Crippen LogP contribution in [0.3, 0.4) is 0 Å². The third-order valence-corrected chi connectivity index (χ3v) is 8.81. The third kappa shape index (κ3) is 6.22. The number of morpholine rings is 1. The number of hydrogen-bond donors (Lipinski definition) is 1. The standard InChI is InChI=1S/C19H30FN3O6S2/c1-5-22(6-2)31(27,28)18-11-16(7-8-17(18)20)19(24)21-9-10-30(25,26)23-12-14(3)29-15(4)13-23/h7-8,11,14-15H,5-6,9-10,12-13H2,1-4H3,(H,21,24). The molecule has 0 spiro atoms. The Kier molecular flexibility index (Phi) is 8.56. The monoisotopic (exact) mass is 479 g/mol. The summed E-state index contributed by atoms with van der Waals surface area (Å²) in [7, 11) is -7.70. The van der Waals surface area contributed by atoms with Gasteiger partial charge in [0.1, 0.15) is 10.7 Å². The molecule has 1 aromatic carbocycles. The van der Waals surface area contributed by atoms with E-state index in [-0.39, 0.29) is 56.2 Å². The Balaban J connectivity index is 2.08. The van der Waals surface area contributed by atoms with Crippen LogP contribution >= 0.6 is 0 Å². The number of rotatable bonds is 9. The highest BCUT2D eigenvalue weighted by Crippen LogP contribution is 2.21. The van der Waals surface area contributed by atoms with E-state index in [0.717, 1.165) is 22.5 Å². The van der Waals surface area contributed by atoms with E-state index in [1.165, 1.54) is 4.31 Å². The van der Waals surface area contributed by atoms with E-state index in [9.17, 15) is 26.0 Å². The SMILES string of the molecule is CCN(CC)S(=O)(=O)c1cc(C(=O)NCCS(=O)(=O)N2CC(C)OC(C)C2)ccc1F. The molecule has 1 aromatic rings. The van der Waals surface area contributed by atoms with Crippen LogP contribution in [0, 0.1) is 5.82 Å². The highest BCUT2D eigenvalue weighted by molar-refractivity contribution is 7.89. The van der Waals surface area contributed by atoms with Crippen molar-refractivity contribution >= 4 is 26.0 Å². The molecule has 0 aromatic heterocycles. The molecule has 1 aliphatic rings. The van der Waals surface area contributed by atoms with E-state index >= 15 is 0 Å². The molecular weight excluding hydrogens is 449 g/mol. The van der Waals surface area contributed by atoms with E-state index in [1.54, 1.807) is 27.7 Å². The predicted molar refractivity (Wildman–Crippen MR) is 114 cm³/mol. The summed E-state index contributed by atoms with van der Waals surface area (Å²) < 4.78 is 72.5. The van der Waals surface area contributed by atoms with Crippen LogP contribution < -0.4 is 5.32 Å². The molecule has 1 saturated heterocycles. The summed E-state index contributed by atoms with van der Waals surface area (Å²) in [4.78, 5) is 11.8. The van der Waals surface area contributed by atoms with Gasteiger partial charge < -0.3 is 10.1 Å². The smallest absolute Gasteiger partial charge is 0.251 e. The molecule has 1 aliphatic heterocycles. The van der Waals surface area contributed by atoms with Crippen molar-refractivity contribution in [1.82, 2.24) is 13.9 Å². The molecule has 2 rings (SSSR count). The number of amides is 1. The van der Waals surface area contributed by atoms with Crippen molar-refractivity contribution in [1.29, 1.82) is 0 Å². The summed E-state index contributed by atoms with van der Waals surface area (Å²) in [5.74, 6) is -1.96. The number of halogens is 1. The Hall–Kier alpha value is -1.60. The van der Waals surface area contributed by atoms with Crippen molar-refractivity contribution in [3.63, 3.8) is 0 Å². The molecule has 0 radical (unpaired) electrons. The summed E-state index contributed by atoms with van der Waals surface area (Å²) in [5, 5.41) is 2.47. The summed E-state index contributed by atoms with van der Waals surface area (Å²) in [6, 6.07) is 3.04. The second kappa shape index (κ2) is 10.3. The molecule has 0 bridgehead atoms. The number of ether oxygens (including phenoxy) is 1. The highest BCUT2D eigenvalue weighted by atomic mass is 32.2. The minimum Gasteiger partial charge on any atom is -0.373 e. The van der Waals surface area contributed by atoms with Gasteiger partial charge in [0.2, 0.25) is 20.0 Å². The van der Waals surface area contributed by atoms with Crippen LogP contribution in [-0.4, -0.2) is 82.0 Å². The van der Waals surface area contributed by atoms with Gasteiger partial charge >= 0.3 is 0 Å². The number of benzene rings is 1. The fourth-order valence-electron chi connectivity index (χ4n) is 3.43. The molecule has 1 heterocycles. The number of nitrogens with one attached hydrogen (secondary N) is 1. The van der Waals surface area contributed by atoms with Crippen molar-refractivity contribution in [2.24, 2.45) is 0 Å². The van der Waals surface area contributed by atoms with Crippen LogP contribution in [0.15, 0.2) is 23.1 Å². The van der Waals surface area contributed by atoms with Crippen LogP contribution in [0.2, 0.25) is 0 Å². The third-order valence-electron chi connectivity index (χ3n) is 4.94. The van der Waals surface area contributed by atoms with Gasteiger partial charge in [-0.25, -0.2) is 21.2 Å². The second-order valence-corrected chi connectivity index (χ2v) is 11.4. The largest absolute Gasteiger partial charge is 0.373 e. The maximum absolute atomic E-state index is 14.2. The minimum absolute atomic E-state index is 0.0712. The summed E-state index contributed by atoms with van der Waals surface area (Å²) in [5.41, 5.74) is -0.0712. The normalized spacial score (nSPS) is 20.7. The molecule has 31 heavy (non-hydrogen) atoms. The maximum Gasteiger partial charge on any atom is 0.251 e. The average molecular weight is 480 g/mol. The van der Waals surface area contributed by atoms with Gasteiger partial charge in [-0.15, -0.1) is 0 Å². The van der Waals surface area contributed by atoms with Crippen LogP contribution in [0.1, 0.15) is 38.1 Å². The number of carbonyl (C=O) groups excluding carboxylic acids is 1. The highest BCUT2D eigenvalue weighted by Gasteiger charge is 2.31.